The molecule has 1 heterocycles. The Morgan fingerprint density at radius 2 is 2.00 bits per heavy atom. The second kappa shape index (κ2) is 5.30. The highest BCUT2D eigenvalue weighted by Gasteiger charge is 2.31. The quantitative estimate of drug-likeness (QED) is 0.353. The van der Waals surface area contributed by atoms with Crippen LogP contribution < -0.4 is 0 Å². The third kappa shape index (κ3) is 3.69. The summed E-state index contributed by atoms with van der Waals surface area (Å²) in [5.74, 6) is -1.18. The molecular weight excluding hydrogens is 168 g/mol. The largest absolute Gasteiger partial charge is 0.393 e. The van der Waals surface area contributed by atoms with Crippen molar-refractivity contribution >= 4 is 11.9 Å². The second-order valence-electron chi connectivity index (χ2n) is 2.85. The fraction of sp³-hybridized carbons (Fsp3) is 0.400. The lowest BCUT2D eigenvalue weighted by atomic mass is 10.1. The Bertz CT molecular complexity index is 237. The molecule has 0 aromatic heterocycles. The molecule has 1 atom stereocenters. The molecule has 0 aliphatic carbocycles. The molecule has 1 rings (SSSR count). The summed E-state index contributed by atoms with van der Waals surface area (Å²) in [6, 6.07) is 0. The number of carbonyl (C=O) groups excluding carboxylic acids is 2. The van der Waals surface area contributed by atoms with E-state index >= 15 is 0 Å². The summed E-state index contributed by atoms with van der Waals surface area (Å²) in [5.41, 5.74) is 1.03. The number of esters is 2. The lowest BCUT2D eigenvalue weighted by Crippen LogP contribution is -2.04. The second-order valence-corrected chi connectivity index (χ2v) is 2.85. The van der Waals surface area contributed by atoms with E-state index in [4.69, 9.17) is 0 Å². The molecule has 3 heteroatoms. The third-order valence-corrected chi connectivity index (χ3v) is 1.44. The topological polar surface area (TPSA) is 43.4 Å². The van der Waals surface area contributed by atoms with Crippen LogP contribution >= 0.6 is 0 Å². The van der Waals surface area contributed by atoms with E-state index in [9.17, 15) is 9.59 Å². The summed E-state index contributed by atoms with van der Waals surface area (Å²) in [4.78, 5) is 21.4. The van der Waals surface area contributed by atoms with E-state index in [1.165, 1.54) is 0 Å². The zero-order valence-electron chi connectivity index (χ0n) is 8.00. The molecule has 0 saturated carbocycles. The smallest absolute Gasteiger partial charge is 0.321 e. The fourth-order valence-electron chi connectivity index (χ4n) is 1.02. The molecule has 0 bridgehead atoms. The molecule has 3 nitrogen and oxygen atoms in total. The number of hydrogen-bond acceptors (Lipinski definition) is 3. The van der Waals surface area contributed by atoms with Gasteiger partial charge in [-0.3, -0.25) is 9.59 Å². The van der Waals surface area contributed by atoms with Gasteiger partial charge in [0.1, 0.15) is 0 Å². The van der Waals surface area contributed by atoms with Gasteiger partial charge < -0.3 is 4.74 Å². The molecule has 0 spiro atoms. The van der Waals surface area contributed by atoms with Crippen LogP contribution in [0.1, 0.15) is 20.3 Å². The molecule has 0 N–H and O–H groups in total. The summed E-state index contributed by atoms with van der Waals surface area (Å²) in [6.45, 7) is 9.77. The van der Waals surface area contributed by atoms with Crippen molar-refractivity contribution in [3.63, 3.8) is 0 Å². The van der Waals surface area contributed by atoms with E-state index in [1.54, 1.807) is 6.08 Å². The molecule has 1 saturated heterocycles. The van der Waals surface area contributed by atoms with Crippen molar-refractivity contribution in [2.45, 2.75) is 20.3 Å². The van der Waals surface area contributed by atoms with Gasteiger partial charge >= 0.3 is 11.9 Å². The van der Waals surface area contributed by atoms with E-state index in [1.807, 2.05) is 13.8 Å². The van der Waals surface area contributed by atoms with Crippen LogP contribution in [0.4, 0.5) is 0 Å². The van der Waals surface area contributed by atoms with Crippen molar-refractivity contribution in [1.82, 2.24) is 0 Å². The number of allylic oxidation sites excluding steroid dienone is 1. The van der Waals surface area contributed by atoms with Crippen molar-refractivity contribution in [2.24, 2.45) is 5.92 Å². The van der Waals surface area contributed by atoms with E-state index in [2.05, 4.69) is 17.9 Å². The Labute approximate surface area is 78.1 Å². The van der Waals surface area contributed by atoms with Gasteiger partial charge in [0.15, 0.2) is 0 Å². The molecule has 13 heavy (non-hydrogen) atoms. The van der Waals surface area contributed by atoms with E-state index < -0.39 is 11.9 Å². The van der Waals surface area contributed by atoms with Crippen LogP contribution in [0.25, 0.3) is 0 Å². The molecule has 0 aromatic rings. The van der Waals surface area contributed by atoms with Crippen LogP contribution in [0.5, 0.6) is 0 Å². The van der Waals surface area contributed by atoms with Gasteiger partial charge in [-0.25, -0.2) is 0 Å². The predicted molar refractivity (Wildman–Crippen MR) is 49.9 cm³/mol. The van der Waals surface area contributed by atoms with E-state index in [0.717, 1.165) is 5.57 Å². The number of carbonyl (C=O) groups is 2. The molecule has 1 aliphatic heterocycles. The van der Waals surface area contributed by atoms with E-state index in [-0.39, 0.29) is 12.3 Å². The Morgan fingerprint density at radius 3 is 2.31 bits per heavy atom. The average molecular weight is 182 g/mol. The van der Waals surface area contributed by atoms with Crippen LogP contribution in [0.15, 0.2) is 24.8 Å². The number of ether oxygens (including phenoxy) is 1. The molecule has 72 valence electrons. The number of hydrogen-bond donors (Lipinski definition) is 0. The minimum absolute atomic E-state index is 0.198. The lowest BCUT2D eigenvalue weighted by Gasteiger charge is -1.95. The normalized spacial score (nSPS) is 20.0. The third-order valence-electron chi connectivity index (χ3n) is 1.44. The highest BCUT2D eigenvalue weighted by molar-refractivity contribution is 5.95. The van der Waals surface area contributed by atoms with Crippen LogP contribution in [0, 0.1) is 5.92 Å². The number of cyclic esters (lactones) is 2. The SMILES string of the molecule is C=C.CC(C)=CC1CC(=O)OC1=O. The lowest BCUT2D eigenvalue weighted by molar-refractivity contribution is -0.152. The van der Waals surface area contributed by atoms with Gasteiger partial charge in [0.05, 0.1) is 12.3 Å². The predicted octanol–water partition coefficient (Wildman–Crippen LogP) is 1.84. The van der Waals surface area contributed by atoms with Gasteiger partial charge in [-0.1, -0.05) is 11.6 Å². The highest BCUT2D eigenvalue weighted by atomic mass is 16.6. The molecule has 0 radical (unpaired) electrons. The van der Waals surface area contributed by atoms with Gasteiger partial charge in [0.2, 0.25) is 0 Å². The van der Waals surface area contributed by atoms with Gasteiger partial charge in [-0.2, -0.15) is 0 Å². The minimum atomic E-state index is -0.420. The Balaban J connectivity index is 0.000000671. The summed E-state index contributed by atoms with van der Waals surface area (Å²) in [7, 11) is 0. The molecule has 1 fully saturated rings. The zero-order valence-corrected chi connectivity index (χ0v) is 8.00. The zero-order chi connectivity index (χ0) is 10.4. The van der Waals surface area contributed by atoms with Crippen molar-refractivity contribution in [2.75, 3.05) is 0 Å². The van der Waals surface area contributed by atoms with Crippen molar-refractivity contribution in [1.29, 1.82) is 0 Å². The fourth-order valence-corrected chi connectivity index (χ4v) is 1.02. The summed E-state index contributed by atoms with van der Waals surface area (Å²) < 4.78 is 4.35. The van der Waals surface area contributed by atoms with Gasteiger partial charge in [0, 0.05) is 0 Å². The molecule has 0 amide bonds. The van der Waals surface area contributed by atoms with Gasteiger partial charge in [-0.05, 0) is 13.8 Å². The molecule has 1 aliphatic rings. The first-order valence-corrected chi connectivity index (χ1v) is 3.99. The van der Waals surface area contributed by atoms with Crippen molar-refractivity contribution in [3.05, 3.63) is 24.8 Å². The maximum Gasteiger partial charge on any atom is 0.321 e. The van der Waals surface area contributed by atoms with E-state index in [0.29, 0.717) is 0 Å². The summed E-state index contributed by atoms with van der Waals surface area (Å²) >= 11 is 0. The summed E-state index contributed by atoms with van der Waals surface area (Å²) in [5, 5.41) is 0. The standard InChI is InChI=1S/C8H10O3.C2H4/c1-5(2)3-6-4-7(9)11-8(6)10;1-2/h3,6H,4H2,1-2H3;1-2H2. The van der Waals surface area contributed by atoms with Crippen LogP contribution in [0.2, 0.25) is 0 Å². The maximum atomic E-state index is 10.8. The first-order chi connectivity index (χ1) is 6.09. The van der Waals surface area contributed by atoms with Crippen molar-refractivity contribution < 1.29 is 14.3 Å². The van der Waals surface area contributed by atoms with Gasteiger partial charge in [-0.15, -0.1) is 13.2 Å². The average Bonchev–Trinajstić information content (AvgIpc) is 2.33. The first-order valence-electron chi connectivity index (χ1n) is 3.99. The van der Waals surface area contributed by atoms with Gasteiger partial charge in [0.25, 0.3) is 0 Å². The summed E-state index contributed by atoms with van der Waals surface area (Å²) in [6.07, 6.45) is 1.96. The Morgan fingerprint density at radius 1 is 1.46 bits per heavy atom. The maximum absolute atomic E-state index is 10.8. The molecular formula is C10H14O3. The number of rotatable bonds is 1. The molecule has 1 unspecified atom stereocenters. The Kier molecular flexibility index (Phi) is 4.74. The van der Waals surface area contributed by atoms with Crippen molar-refractivity contribution in [3.8, 4) is 0 Å². The van der Waals surface area contributed by atoms with Crippen LogP contribution in [-0.2, 0) is 14.3 Å². The first kappa shape index (κ1) is 11.6. The monoisotopic (exact) mass is 182 g/mol. The van der Waals surface area contributed by atoms with Crippen LogP contribution in [0.3, 0.4) is 0 Å². The minimum Gasteiger partial charge on any atom is -0.393 e. The molecule has 0 aromatic carbocycles. The van der Waals surface area contributed by atoms with Crippen LogP contribution in [-0.4, -0.2) is 11.9 Å². The highest BCUT2D eigenvalue weighted by Crippen LogP contribution is 2.18. The Hall–Kier alpha value is -1.38.